The van der Waals surface area contributed by atoms with Crippen molar-refractivity contribution in [2.45, 2.75) is 0 Å². The van der Waals surface area contributed by atoms with E-state index in [9.17, 15) is 0 Å². The van der Waals surface area contributed by atoms with Crippen molar-refractivity contribution in [1.82, 2.24) is 0 Å². The summed E-state index contributed by atoms with van der Waals surface area (Å²) in [5, 5.41) is 0.650. The van der Waals surface area contributed by atoms with Crippen molar-refractivity contribution >= 4 is 35.5 Å². The molecule has 0 spiro atoms. The number of nitrogens with two attached hydrogens (primary N) is 3. The highest BCUT2D eigenvalue weighted by Gasteiger charge is 2.05. The average Bonchev–Trinajstić information content (AvgIpc) is 2.63. The number of carbonyl (C=O) groups is 1. The minimum atomic E-state index is 0.233. The second kappa shape index (κ2) is 11.3. The maximum atomic E-state index is 8.58. The molecule has 0 bridgehead atoms. The first-order valence-corrected chi connectivity index (χ1v) is 8.15. The molecule has 0 aliphatic rings. The molecule has 0 heterocycles. The lowest BCUT2D eigenvalue weighted by Crippen LogP contribution is -2.03. The third kappa shape index (κ3) is 7.58. The highest BCUT2D eigenvalue weighted by atomic mass is 35.5. The first-order valence-electron chi connectivity index (χ1n) is 7.77. The Morgan fingerprint density at radius 1 is 1.19 bits per heavy atom. The van der Waals surface area contributed by atoms with Gasteiger partial charge in [-0.05, 0) is 48.0 Å². The highest BCUT2D eigenvalue weighted by Crippen LogP contribution is 2.21. The van der Waals surface area contributed by atoms with E-state index in [4.69, 9.17) is 37.3 Å². The van der Waals surface area contributed by atoms with Crippen molar-refractivity contribution in [2.75, 3.05) is 12.3 Å². The topological polar surface area (TPSA) is 114 Å². The fourth-order valence-electron chi connectivity index (χ4n) is 2.03. The van der Waals surface area contributed by atoms with Crippen LogP contribution in [0, 0.1) is 0 Å². The molecule has 0 radical (unpaired) electrons. The van der Waals surface area contributed by atoms with Crippen LogP contribution in [0.25, 0.3) is 11.8 Å². The Labute approximate surface area is 163 Å². The van der Waals surface area contributed by atoms with Crippen LogP contribution in [0.3, 0.4) is 0 Å². The number of halogens is 1. The van der Waals surface area contributed by atoms with E-state index in [1.807, 2.05) is 18.2 Å². The average molecular weight is 388 g/mol. The summed E-state index contributed by atoms with van der Waals surface area (Å²) in [5.41, 5.74) is 18.3. The Kier molecular flexibility index (Phi) is 9.05. The molecule has 2 aromatic rings. The lowest BCUT2D eigenvalue weighted by atomic mass is 10.1. The number of ether oxygens (including phenoxy) is 2. The molecule has 0 atom stereocenters. The van der Waals surface area contributed by atoms with Crippen LogP contribution in [0.5, 0.6) is 5.75 Å². The zero-order valence-electron chi connectivity index (χ0n) is 14.7. The predicted octanol–water partition coefficient (Wildman–Crippen LogP) is 3.53. The number of carbonyl (C=O) groups excluding carboxylic acids is 1. The third-order valence-electron chi connectivity index (χ3n) is 3.18. The molecule has 0 aliphatic heterocycles. The zero-order valence-corrected chi connectivity index (χ0v) is 15.5. The molecule has 1 amide bonds. The van der Waals surface area contributed by atoms with Gasteiger partial charge < -0.3 is 26.7 Å². The molecular weight excluding hydrogens is 366 g/mol. The predicted molar refractivity (Wildman–Crippen MR) is 111 cm³/mol. The van der Waals surface area contributed by atoms with Crippen LogP contribution in [-0.2, 0) is 9.53 Å². The fraction of sp³-hybridized carbons (Fsp3) is 0.0500. The quantitative estimate of drug-likeness (QED) is 0.382. The minimum absolute atomic E-state index is 0.233. The number of anilines is 1. The van der Waals surface area contributed by atoms with E-state index in [-0.39, 0.29) is 13.0 Å². The fourth-order valence-corrected chi connectivity index (χ4v) is 2.16. The van der Waals surface area contributed by atoms with Crippen molar-refractivity contribution in [3.63, 3.8) is 0 Å². The molecule has 0 saturated heterocycles. The number of primary amides is 1. The van der Waals surface area contributed by atoms with Gasteiger partial charge in [0, 0.05) is 22.0 Å². The molecule has 0 aliphatic carbocycles. The summed E-state index contributed by atoms with van der Waals surface area (Å²) in [7, 11) is 0. The van der Waals surface area contributed by atoms with Gasteiger partial charge in [0.25, 0.3) is 0 Å². The van der Waals surface area contributed by atoms with Gasteiger partial charge in [0.2, 0.25) is 6.41 Å². The molecule has 7 heteroatoms. The van der Waals surface area contributed by atoms with E-state index in [0.717, 1.165) is 5.56 Å². The first-order chi connectivity index (χ1) is 12.9. The number of amides is 1. The van der Waals surface area contributed by atoms with Crippen molar-refractivity contribution in [3.05, 3.63) is 83.8 Å². The molecule has 0 unspecified atom stereocenters. The van der Waals surface area contributed by atoms with Crippen molar-refractivity contribution in [2.24, 2.45) is 11.5 Å². The van der Waals surface area contributed by atoms with Gasteiger partial charge in [-0.2, -0.15) is 0 Å². The normalized spacial score (nSPS) is 10.2. The number of nitrogen functional groups attached to an aromatic ring is 1. The van der Waals surface area contributed by atoms with Gasteiger partial charge in [-0.3, -0.25) is 4.79 Å². The van der Waals surface area contributed by atoms with Crippen LogP contribution in [0.1, 0.15) is 11.1 Å². The highest BCUT2D eigenvalue weighted by molar-refractivity contribution is 6.30. The van der Waals surface area contributed by atoms with E-state index < -0.39 is 0 Å². The van der Waals surface area contributed by atoms with Gasteiger partial charge in [0.05, 0.1) is 6.26 Å². The maximum absolute atomic E-state index is 8.58. The van der Waals surface area contributed by atoms with E-state index in [0.29, 0.717) is 33.5 Å². The van der Waals surface area contributed by atoms with E-state index in [1.54, 1.807) is 30.3 Å². The van der Waals surface area contributed by atoms with Crippen LogP contribution in [0.2, 0.25) is 5.02 Å². The Hall–Kier alpha value is -3.38. The lowest BCUT2D eigenvalue weighted by Gasteiger charge is -2.10. The van der Waals surface area contributed by atoms with Crippen molar-refractivity contribution in [3.8, 4) is 5.75 Å². The number of hydrogen-bond donors (Lipinski definition) is 3. The first kappa shape index (κ1) is 21.7. The maximum Gasteiger partial charge on any atom is 0.204 e. The van der Waals surface area contributed by atoms with Crippen LogP contribution < -0.4 is 21.9 Å². The summed E-state index contributed by atoms with van der Waals surface area (Å²) < 4.78 is 11.1. The molecule has 0 aromatic heterocycles. The third-order valence-corrected chi connectivity index (χ3v) is 3.43. The van der Waals surface area contributed by atoms with Gasteiger partial charge in [0.15, 0.2) is 0 Å². The lowest BCUT2D eigenvalue weighted by molar-refractivity contribution is -0.106. The second-order valence-electron chi connectivity index (χ2n) is 5.15. The number of hydrogen-bond acceptors (Lipinski definition) is 5. The van der Waals surface area contributed by atoms with Gasteiger partial charge in [-0.1, -0.05) is 30.8 Å². The van der Waals surface area contributed by atoms with E-state index in [1.165, 1.54) is 6.26 Å². The van der Waals surface area contributed by atoms with E-state index in [2.05, 4.69) is 18.9 Å². The van der Waals surface area contributed by atoms with Gasteiger partial charge >= 0.3 is 0 Å². The minimum Gasteiger partial charge on any atom is -0.486 e. The smallest absolute Gasteiger partial charge is 0.204 e. The van der Waals surface area contributed by atoms with Gasteiger partial charge in [-0.15, -0.1) is 0 Å². The summed E-state index contributed by atoms with van der Waals surface area (Å²) in [5.74, 6) is 1.27. The molecule has 27 heavy (non-hydrogen) atoms. The van der Waals surface area contributed by atoms with E-state index >= 15 is 0 Å². The second-order valence-corrected chi connectivity index (χ2v) is 5.58. The van der Waals surface area contributed by atoms with Crippen LogP contribution in [0.15, 0.2) is 67.6 Å². The summed E-state index contributed by atoms with van der Waals surface area (Å²) in [6.45, 7) is 7.53. The molecular formula is C20H22ClN3O3. The van der Waals surface area contributed by atoms with Gasteiger partial charge in [-0.25, -0.2) is 0 Å². The molecule has 6 nitrogen and oxygen atoms in total. The number of benzene rings is 2. The molecule has 2 rings (SSSR count). The Balaban J connectivity index is 0.00000114. The summed E-state index contributed by atoms with van der Waals surface area (Å²) in [6.07, 6.45) is 3.42. The van der Waals surface area contributed by atoms with Crippen LogP contribution in [-0.4, -0.2) is 13.0 Å². The molecule has 2 aromatic carbocycles. The number of rotatable bonds is 7. The molecule has 0 saturated carbocycles. The van der Waals surface area contributed by atoms with Gasteiger partial charge in [0.1, 0.15) is 18.1 Å². The van der Waals surface area contributed by atoms with Crippen LogP contribution in [0.4, 0.5) is 5.69 Å². The SMILES string of the molecule is C=CO/C(=C/c1ccc(N)c(C(=C)N)c1)COc1ccc(Cl)cc1.NC=O. The summed E-state index contributed by atoms with van der Waals surface area (Å²) >= 11 is 5.85. The summed E-state index contributed by atoms with van der Waals surface area (Å²) in [4.78, 5) is 8.58. The molecule has 142 valence electrons. The zero-order chi connectivity index (χ0) is 20.2. The standard InChI is InChI=1S/C19H19ClN2O2.CH3NO/c1-3-23-17(12-24-16-7-5-15(20)6-8-16)10-14-4-9-19(22)18(11-14)13(2)21;2-1-3/h3-11H,1-2,12,21-22H2;1H,(H2,2,3)/b17-10+;. The van der Waals surface area contributed by atoms with Crippen LogP contribution >= 0.6 is 11.6 Å². The Morgan fingerprint density at radius 3 is 2.37 bits per heavy atom. The monoisotopic (exact) mass is 387 g/mol. The van der Waals surface area contributed by atoms with Crippen molar-refractivity contribution in [1.29, 1.82) is 0 Å². The van der Waals surface area contributed by atoms with Crippen molar-refractivity contribution < 1.29 is 14.3 Å². The largest absolute Gasteiger partial charge is 0.486 e. The summed E-state index contributed by atoms with van der Waals surface area (Å²) in [6, 6.07) is 12.6. The Bertz CT molecular complexity index is 818. The Morgan fingerprint density at radius 2 is 1.81 bits per heavy atom. The molecule has 6 N–H and O–H groups in total. The molecule has 0 fully saturated rings.